The minimum Gasteiger partial charge on any atom is -0.485 e. The number of hydrogen-bond donors (Lipinski definition) is 3. The van der Waals surface area contributed by atoms with Crippen LogP contribution in [0.3, 0.4) is 0 Å². The first-order valence-electron chi connectivity index (χ1n) is 9.43. The van der Waals surface area contributed by atoms with Gasteiger partial charge in [0.1, 0.15) is 11.9 Å². The van der Waals surface area contributed by atoms with Crippen LogP contribution in [-0.2, 0) is 0 Å². The van der Waals surface area contributed by atoms with Gasteiger partial charge in [-0.1, -0.05) is 66.7 Å². The molecule has 3 N–H and O–H groups in total. The fraction of sp³-hybridized carbons (Fsp3) is 0.130. The molecular formula is C23H21N3O2S. The summed E-state index contributed by atoms with van der Waals surface area (Å²) in [5.74, 6) is 0.588. The molecule has 0 spiro atoms. The third-order valence-corrected chi connectivity index (χ3v) is 5.04. The van der Waals surface area contributed by atoms with Crippen molar-refractivity contribution >= 4 is 23.2 Å². The van der Waals surface area contributed by atoms with Crippen molar-refractivity contribution < 1.29 is 9.53 Å². The van der Waals surface area contributed by atoms with Crippen LogP contribution in [0.15, 0.2) is 84.9 Å². The highest BCUT2D eigenvalue weighted by Crippen LogP contribution is 2.40. The second-order valence-electron chi connectivity index (χ2n) is 6.76. The molecule has 0 radical (unpaired) electrons. The second kappa shape index (κ2) is 8.75. The average molecular weight is 404 g/mol. The number of hydrazine groups is 1. The Morgan fingerprint density at radius 1 is 0.862 bits per heavy atom. The van der Waals surface area contributed by atoms with E-state index < -0.39 is 0 Å². The van der Waals surface area contributed by atoms with Gasteiger partial charge in [0.05, 0.1) is 6.04 Å². The van der Waals surface area contributed by atoms with Gasteiger partial charge in [0.25, 0.3) is 5.91 Å². The molecule has 1 heterocycles. The summed E-state index contributed by atoms with van der Waals surface area (Å²) in [6.45, 7) is 0. The number of carbonyl (C=O) groups excluding carboxylic acids is 1. The van der Waals surface area contributed by atoms with Crippen LogP contribution in [0.2, 0.25) is 0 Å². The molecule has 0 aliphatic carbocycles. The van der Waals surface area contributed by atoms with Crippen molar-refractivity contribution in [1.82, 2.24) is 16.2 Å². The van der Waals surface area contributed by atoms with Gasteiger partial charge in [0.2, 0.25) is 0 Å². The van der Waals surface area contributed by atoms with E-state index in [4.69, 9.17) is 17.0 Å². The Bertz CT molecular complexity index is 995. The average Bonchev–Trinajstić information content (AvgIpc) is 2.78. The first kappa shape index (κ1) is 19.0. The van der Waals surface area contributed by atoms with Crippen molar-refractivity contribution in [1.29, 1.82) is 0 Å². The van der Waals surface area contributed by atoms with E-state index in [1.165, 1.54) is 0 Å². The number of carbonyl (C=O) groups is 1. The van der Waals surface area contributed by atoms with E-state index in [0.29, 0.717) is 10.7 Å². The smallest absolute Gasteiger partial charge is 0.269 e. The Morgan fingerprint density at radius 2 is 1.52 bits per heavy atom. The van der Waals surface area contributed by atoms with E-state index in [0.717, 1.165) is 23.3 Å². The standard InChI is InChI=1S/C23H21N3O2S/c27-22(17-11-5-2-6-12-17)25-26-23(29)24-19-15-21(16-9-3-1-4-10-16)28-20-14-8-7-13-18(19)20/h1-14,19,21H,15H2,(H,25,27)(H2,24,26,29). The number of nitrogens with one attached hydrogen (secondary N) is 3. The van der Waals surface area contributed by atoms with Crippen LogP contribution >= 0.6 is 12.2 Å². The minimum absolute atomic E-state index is 0.0428. The lowest BCUT2D eigenvalue weighted by molar-refractivity contribution is 0.0943. The topological polar surface area (TPSA) is 62.4 Å². The molecule has 2 atom stereocenters. The fourth-order valence-corrected chi connectivity index (χ4v) is 3.59. The summed E-state index contributed by atoms with van der Waals surface area (Å²) in [6.07, 6.45) is 0.639. The van der Waals surface area contributed by atoms with Crippen molar-refractivity contribution in [3.8, 4) is 5.75 Å². The molecule has 0 aromatic heterocycles. The molecule has 0 bridgehead atoms. The second-order valence-corrected chi connectivity index (χ2v) is 7.17. The zero-order chi connectivity index (χ0) is 20.1. The van der Waals surface area contributed by atoms with Gasteiger partial charge in [-0.2, -0.15) is 0 Å². The normalized spacial score (nSPS) is 17.4. The maximum atomic E-state index is 12.2. The van der Waals surface area contributed by atoms with Gasteiger partial charge in [-0.15, -0.1) is 0 Å². The summed E-state index contributed by atoms with van der Waals surface area (Å²) >= 11 is 5.41. The summed E-state index contributed by atoms with van der Waals surface area (Å²) < 4.78 is 6.21. The molecule has 29 heavy (non-hydrogen) atoms. The van der Waals surface area contributed by atoms with Gasteiger partial charge in [0, 0.05) is 17.5 Å². The lowest BCUT2D eigenvalue weighted by Crippen LogP contribution is -2.48. The zero-order valence-corrected chi connectivity index (χ0v) is 16.5. The van der Waals surface area contributed by atoms with E-state index >= 15 is 0 Å². The molecule has 2 unspecified atom stereocenters. The number of fused-ring (bicyclic) bond motifs is 1. The van der Waals surface area contributed by atoms with E-state index in [2.05, 4.69) is 28.3 Å². The van der Waals surface area contributed by atoms with Crippen molar-refractivity contribution in [2.24, 2.45) is 0 Å². The molecule has 6 heteroatoms. The SMILES string of the molecule is O=C(NNC(=S)NC1CC(c2ccccc2)Oc2ccccc21)c1ccccc1. The van der Waals surface area contributed by atoms with Crippen molar-refractivity contribution in [3.05, 3.63) is 102 Å². The van der Waals surface area contributed by atoms with Crippen LogP contribution in [0.25, 0.3) is 0 Å². The number of amides is 1. The van der Waals surface area contributed by atoms with Crippen LogP contribution in [0.4, 0.5) is 0 Å². The number of ether oxygens (including phenoxy) is 1. The predicted molar refractivity (Wildman–Crippen MR) is 116 cm³/mol. The summed E-state index contributed by atoms with van der Waals surface area (Å²) in [5.41, 5.74) is 8.14. The Kier molecular flexibility index (Phi) is 5.72. The van der Waals surface area contributed by atoms with Gasteiger partial charge < -0.3 is 10.1 Å². The van der Waals surface area contributed by atoms with Crippen molar-refractivity contribution in [3.63, 3.8) is 0 Å². The van der Waals surface area contributed by atoms with Crippen LogP contribution < -0.4 is 20.9 Å². The molecule has 0 saturated carbocycles. The largest absolute Gasteiger partial charge is 0.485 e. The molecule has 3 aromatic carbocycles. The Morgan fingerprint density at radius 3 is 2.28 bits per heavy atom. The lowest BCUT2D eigenvalue weighted by atomic mass is 9.93. The molecule has 4 rings (SSSR count). The highest BCUT2D eigenvalue weighted by Gasteiger charge is 2.29. The monoisotopic (exact) mass is 403 g/mol. The number of thiocarbonyl (C=S) groups is 1. The highest BCUT2D eigenvalue weighted by molar-refractivity contribution is 7.80. The van der Waals surface area contributed by atoms with E-state index in [1.807, 2.05) is 60.7 Å². The maximum Gasteiger partial charge on any atom is 0.269 e. The first-order valence-corrected chi connectivity index (χ1v) is 9.84. The van der Waals surface area contributed by atoms with E-state index in [-0.39, 0.29) is 18.1 Å². The quantitative estimate of drug-likeness (QED) is 0.455. The molecular weight excluding hydrogens is 382 g/mol. The lowest BCUT2D eigenvalue weighted by Gasteiger charge is -2.33. The Hall–Kier alpha value is -3.38. The van der Waals surface area contributed by atoms with Crippen molar-refractivity contribution in [2.75, 3.05) is 0 Å². The van der Waals surface area contributed by atoms with Crippen LogP contribution in [0, 0.1) is 0 Å². The summed E-state index contributed by atoms with van der Waals surface area (Å²) in [5, 5.41) is 3.66. The molecule has 1 aliphatic rings. The van der Waals surface area contributed by atoms with Gasteiger partial charge in [-0.25, -0.2) is 0 Å². The van der Waals surface area contributed by atoms with E-state index in [9.17, 15) is 4.79 Å². The number of benzene rings is 3. The number of rotatable bonds is 3. The molecule has 5 nitrogen and oxygen atoms in total. The molecule has 0 fully saturated rings. The van der Waals surface area contributed by atoms with E-state index in [1.54, 1.807) is 12.1 Å². The van der Waals surface area contributed by atoms with Crippen molar-refractivity contribution in [2.45, 2.75) is 18.6 Å². The van der Waals surface area contributed by atoms with Gasteiger partial charge in [-0.05, 0) is 36.0 Å². The Labute approximate surface area is 175 Å². The molecule has 1 aliphatic heterocycles. The van der Waals surface area contributed by atoms with Crippen LogP contribution in [0.5, 0.6) is 5.75 Å². The molecule has 0 saturated heterocycles. The molecule has 146 valence electrons. The molecule has 3 aromatic rings. The van der Waals surface area contributed by atoms with Gasteiger partial charge in [0.15, 0.2) is 5.11 Å². The maximum absolute atomic E-state index is 12.2. The summed E-state index contributed by atoms with van der Waals surface area (Å²) in [4.78, 5) is 12.2. The van der Waals surface area contributed by atoms with Gasteiger partial charge in [-0.3, -0.25) is 15.6 Å². The van der Waals surface area contributed by atoms with Crippen LogP contribution in [-0.4, -0.2) is 11.0 Å². The third-order valence-electron chi connectivity index (χ3n) is 4.82. The predicted octanol–water partition coefficient (Wildman–Crippen LogP) is 4.06. The zero-order valence-electron chi connectivity index (χ0n) is 15.7. The highest BCUT2D eigenvalue weighted by atomic mass is 32.1. The summed E-state index contributed by atoms with van der Waals surface area (Å²) in [6, 6.07) is 27.0. The van der Waals surface area contributed by atoms with Crippen LogP contribution in [0.1, 0.15) is 40.1 Å². The number of hydrogen-bond acceptors (Lipinski definition) is 3. The first-order chi connectivity index (χ1) is 14.2. The minimum atomic E-state index is -0.246. The number of para-hydroxylation sites is 1. The van der Waals surface area contributed by atoms with Gasteiger partial charge >= 0.3 is 0 Å². The third kappa shape index (κ3) is 4.55. The fourth-order valence-electron chi connectivity index (χ4n) is 3.40. The Balaban J connectivity index is 1.44. The summed E-state index contributed by atoms with van der Waals surface area (Å²) in [7, 11) is 0. The molecule has 1 amide bonds.